The molecule has 3 aromatic heterocycles. The standard InChI is InChI=1S/C27H31FN6O5S/c1-6-11-39-20(18-12-17(28)7-8-19(18)38-5)14-32-25-22(16(2)24(40-25)34-29-9-10-30-34)23(36)33(26(32)37)27(3)13-21(35)31(4)15-27/h7-10,12,20H,6,11,13-15H2,1-5H3/t20-,27+/m0/s1. The number of carbonyl (C=O) groups is 1. The summed E-state index contributed by atoms with van der Waals surface area (Å²) in [5.74, 6) is -0.209. The lowest BCUT2D eigenvalue weighted by Crippen LogP contribution is -2.51. The van der Waals surface area contributed by atoms with Gasteiger partial charge in [0.05, 0.1) is 43.4 Å². The summed E-state index contributed by atoms with van der Waals surface area (Å²) >= 11 is 1.21. The van der Waals surface area contributed by atoms with Gasteiger partial charge in [0.2, 0.25) is 5.91 Å². The van der Waals surface area contributed by atoms with Crippen LogP contribution in [0.15, 0.2) is 40.2 Å². The number of aromatic nitrogens is 5. The number of nitrogens with zero attached hydrogens (tertiary/aromatic N) is 6. The molecule has 0 saturated carbocycles. The fourth-order valence-electron chi connectivity index (χ4n) is 5.37. The number of amides is 1. The Morgan fingerprint density at radius 1 is 1.20 bits per heavy atom. The van der Waals surface area contributed by atoms with Crippen molar-refractivity contribution < 1.29 is 18.7 Å². The maximum Gasteiger partial charge on any atom is 0.332 e. The van der Waals surface area contributed by atoms with E-state index in [1.54, 1.807) is 20.9 Å². The fraction of sp³-hybridized carbons (Fsp3) is 0.444. The predicted octanol–water partition coefficient (Wildman–Crippen LogP) is 3.01. The van der Waals surface area contributed by atoms with Crippen LogP contribution >= 0.6 is 11.3 Å². The average molecular weight is 571 g/mol. The van der Waals surface area contributed by atoms with Crippen molar-refractivity contribution in [3.05, 3.63) is 68.4 Å². The van der Waals surface area contributed by atoms with Crippen molar-refractivity contribution in [2.75, 3.05) is 27.3 Å². The van der Waals surface area contributed by atoms with Crippen LogP contribution in [0.3, 0.4) is 0 Å². The van der Waals surface area contributed by atoms with E-state index in [0.717, 1.165) is 0 Å². The summed E-state index contributed by atoms with van der Waals surface area (Å²) in [5.41, 5.74) is -1.07. The van der Waals surface area contributed by atoms with Crippen LogP contribution < -0.4 is 16.0 Å². The number of methoxy groups -OCH3 is 1. The number of carbonyl (C=O) groups excluding carboxylic acids is 1. The molecule has 5 rings (SSSR count). The van der Waals surface area contributed by atoms with E-state index in [0.29, 0.717) is 45.1 Å². The van der Waals surface area contributed by atoms with E-state index in [9.17, 15) is 18.8 Å². The lowest BCUT2D eigenvalue weighted by Gasteiger charge is -2.27. The summed E-state index contributed by atoms with van der Waals surface area (Å²) in [6.45, 7) is 6.01. The van der Waals surface area contributed by atoms with Gasteiger partial charge in [-0.15, -0.1) is 4.80 Å². The Kier molecular flexibility index (Phi) is 7.36. The number of ether oxygens (including phenoxy) is 2. The predicted molar refractivity (Wildman–Crippen MR) is 148 cm³/mol. The van der Waals surface area contributed by atoms with Gasteiger partial charge in [-0.05, 0) is 38.5 Å². The molecule has 0 radical (unpaired) electrons. The molecular weight excluding hydrogens is 539 g/mol. The quantitative estimate of drug-likeness (QED) is 0.304. The topological polar surface area (TPSA) is 113 Å². The molecule has 1 fully saturated rings. The second-order valence-corrected chi connectivity index (χ2v) is 11.2. The monoisotopic (exact) mass is 570 g/mol. The van der Waals surface area contributed by atoms with Gasteiger partial charge in [0.1, 0.15) is 27.5 Å². The maximum atomic E-state index is 14.4. The Labute approximate surface area is 233 Å². The van der Waals surface area contributed by atoms with Gasteiger partial charge in [-0.2, -0.15) is 10.2 Å². The van der Waals surface area contributed by atoms with Crippen molar-refractivity contribution in [2.45, 2.75) is 51.8 Å². The minimum absolute atomic E-state index is 0.00832. The van der Waals surface area contributed by atoms with E-state index >= 15 is 0 Å². The lowest BCUT2D eigenvalue weighted by molar-refractivity contribution is -0.126. The molecule has 11 nitrogen and oxygen atoms in total. The second-order valence-electron chi connectivity index (χ2n) is 10.2. The molecule has 0 spiro atoms. The molecule has 40 heavy (non-hydrogen) atoms. The number of halogens is 1. The number of aryl methyl sites for hydroxylation is 1. The summed E-state index contributed by atoms with van der Waals surface area (Å²) in [7, 11) is 3.14. The van der Waals surface area contributed by atoms with Gasteiger partial charge >= 0.3 is 5.69 Å². The minimum atomic E-state index is -1.06. The molecular formula is C27H31FN6O5S. The van der Waals surface area contributed by atoms with Crippen LogP contribution in [0.1, 0.15) is 43.9 Å². The van der Waals surface area contributed by atoms with Gasteiger partial charge in [-0.1, -0.05) is 18.3 Å². The Morgan fingerprint density at radius 2 is 1.93 bits per heavy atom. The number of hydrogen-bond acceptors (Lipinski definition) is 8. The second kappa shape index (κ2) is 10.6. The third-order valence-corrected chi connectivity index (χ3v) is 8.55. The van der Waals surface area contributed by atoms with Crippen LogP contribution in [-0.4, -0.2) is 62.2 Å². The molecule has 4 heterocycles. The Balaban J connectivity index is 1.79. The molecule has 0 aliphatic carbocycles. The van der Waals surface area contributed by atoms with Crippen LogP contribution in [0.5, 0.6) is 5.75 Å². The molecule has 1 aromatic carbocycles. The first kappa shape index (κ1) is 27.7. The average Bonchev–Trinajstić information content (AvgIpc) is 3.62. The largest absolute Gasteiger partial charge is 0.496 e. The molecule has 1 aliphatic heterocycles. The highest BCUT2D eigenvalue weighted by molar-refractivity contribution is 7.21. The van der Waals surface area contributed by atoms with Crippen molar-refractivity contribution >= 4 is 27.5 Å². The van der Waals surface area contributed by atoms with E-state index in [2.05, 4.69) is 10.2 Å². The van der Waals surface area contributed by atoms with Crippen molar-refractivity contribution in [3.63, 3.8) is 0 Å². The third-order valence-electron chi connectivity index (χ3n) is 7.27. The van der Waals surface area contributed by atoms with E-state index < -0.39 is 28.7 Å². The van der Waals surface area contributed by atoms with Crippen LogP contribution in [0.2, 0.25) is 0 Å². The van der Waals surface area contributed by atoms with E-state index in [4.69, 9.17) is 9.47 Å². The Bertz CT molecular complexity index is 1690. The van der Waals surface area contributed by atoms with Crippen LogP contribution in [0.4, 0.5) is 4.39 Å². The van der Waals surface area contributed by atoms with E-state index in [1.165, 1.54) is 67.9 Å². The molecule has 1 saturated heterocycles. The molecule has 0 unspecified atom stereocenters. The smallest absolute Gasteiger partial charge is 0.332 e. The van der Waals surface area contributed by atoms with Crippen molar-refractivity contribution in [1.82, 2.24) is 29.0 Å². The molecule has 212 valence electrons. The first-order chi connectivity index (χ1) is 19.1. The van der Waals surface area contributed by atoms with Crippen molar-refractivity contribution in [2.24, 2.45) is 0 Å². The number of likely N-dealkylation sites (N-methyl/N-ethyl adjacent to an activating group) is 1. The van der Waals surface area contributed by atoms with Crippen molar-refractivity contribution in [3.8, 4) is 10.8 Å². The zero-order chi connectivity index (χ0) is 28.8. The molecule has 4 aromatic rings. The summed E-state index contributed by atoms with van der Waals surface area (Å²) in [6, 6.07) is 4.15. The zero-order valence-corrected chi connectivity index (χ0v) is 23.8. The number of fused-ring (bicyclic) bond motifs is 1. The summed E-state index contributed by atoms with van der Waals surface area (Å²) in [4.78, 5) is 44.2. The molecule has 1 aliphatic rings. The van der Waals surface area contributed by atoms with Gasteiger partial charge in [0.15, 0.2) is 0 Å². The molecule has 0 N–H and O–H groups in total. The van der Waals surface area contributed by atoms with Gasteiger partial charge < -0.3 is 14.4 Å². The summed E-state index contributed by atoms with van der Waals surface area (Å²) in [5, 5.41) is 9.37. The number of likely N-dealkylation sites (tertiary alicyclic amines) is 1. The molecule has 13 heteroatoms. The highest BCUT2D eigenvalue weighted by atomic mass is 32.1. The molecule has 0 bridgehead atoms. The third kappa shape index (κ3) is 4.62. The number of rotatable bonds is 9. The van der Waals surface area contributed by atoms with Gasteiger partial charge in [-0.3, -0.25) is 18.7 Å². The Morgan fingerprint density at radius 3 is 2.55 bits per heavy atom. The lowest BCUT2D eigenvalue weighted by atomic mass is 10.0. The van der Waals surface area contributed by atoms with Crippen LogP contribution in [0, 0.1) is 12.7 Å². The van der Waals surface area contributed by atoms with Crippen molar-refractivity contribution in [1.29, 1.82) is 0 Å². The van der Waals surface area contributed by atoms with Gasteiger partial charge in [0.25, 0.3) is 5.56 Å². The normalized spacial score (nSPS) is 18.1. The van der Waals surface area contributed by atoms with Gasteiger partial charge in [-0.25, -0.2) is 9.18 Å². The number of benzene rings is 1. The number of hydrogen-bond donors (Lipinski definition) is 0. The molecule has 2 atom stereocenters. The minimum Gasteiger partial charge on any atom is -0.496 e. The van der Waals surface area contributed by atoms with E-state index in [1.807, 2.05) is 6.92 Å². The summed E-state index contributed by atoms with van der Waals surface area (Å²) in [6.07, 6.45) is 2.99. The summed E-state index contributed by atoms with van der Waals surface area (Å²) < 4.78 is 28.8. The first-order valence-electron chi connectivity index (χ1n) is 12.9. The van der Waals surface area contributed by atoms with Gasteiger partial charge in [0, 0.05) is 31.3 Å². The van der Waals surface area contributed by atoms with Crippen LogP contribution in [-0.2, 0) is 21.6 Å². The maximum absolute atomic E-state index is 14.4. The highest BCUT2D eigenvalue weighted by Crippen LogP contribution is 2.35. The Hall–Kier alpha value is -3.84. The number of thiophene rings is 1. The fourth-order valence-corrected chi connectivity index (χ4v) is 6.59. The first-order valence-corrected chi connectivity index (χ1v) is 13.8. The highest BCUT2D eigenvalue weighted by Gasteiger charge is 2.42. The zero-order valence-electron chi connectivity index (χ0n) is 23.0. The van der Waals surface area contributed by atoms with Crippen LogP contribution in [0.25, 0.3) is 15.2 Å². The SMILES string of the molecule is CCCO[C@@H](Cn1c(=O)n([C@]2(C)CC(=O)N(C)C2)c(=O)c2c(C)c(-n3nccn3)sc21)c1cc(F)ccc1OC. The van der Waals surface area contributed by atoms with E-state index in [-0.39, 0.29) is 25.4 Å². The molecule has 1 amide bonds.